The van der Waals surface area contributed by atoms with E-state index in [9.17, 15) is 48.6 Å². The summed E-state index contributed by atoms with van der Waals surface area (Å²) >= 11 is 6.79. The molecule has 0 spiro atoms. The van der Waals surface area contributed by atoms with Crippen molar-refractivity contribution in [2.75, 3.05) is 6.61 Å². The van der Waals surface area contributed by atoms with Crippen molar-refractivity contribution in [1.82, 2.24) is 61.8 Å². The van der Waals surface area contributed by atoms with Gasteiger partial charge in [0.05, 0.1) is 47.7 Å². The molecular weight excluding hydrogens is 1290 g/mol. The Morgan fingerprint density at radius 3 is 2.02 bits per heavy atom. The van der Waals surface area contributed by atoms with Crippen LogP contribution < -0.4 is 37.6 Å². The van der Waals surface area contributed by atoms with Gasteiger partial charge in [-0.1, -0.05) is 69.5 Å². The second-order valence-corrected chi connectivity index (χ2v) is 26.7. The van der Waals surface area contributed by atoms with E-state index in [4.69, 9.17) is 40.5 Å². The van der Waals surface area contributed by atoms with E-state index in [1.165, 1.54) is 50.9 Å². The molecule has 6 aromatic heterocycles. The normalized spacial score (nSPS) is 20.7. The van der Waals surface area contributed by atoms with Gasteiger partial charge in [0.2, 0.25) is 17.7 Å². The number of carboxylic acid groups (broad SMARTS) is 1. The number of thioether (sulfide) groups is 1. The maximum atomic E-state index is 14.9. The lowest BCUT2D eigenvalue weighted by Gasteiger charge is -2.26. The third kappa shape index (κ3) is 14.5. The SMILES string of the molecule is C=C(NC(=O)C(=C)NC(=O)c1csc(-c2ccc3c(n2)-c2csc(n2)-c2csc(n2)C(C(C)C2CO2)NC(=O)C(Cc2ccc(O)cc2)NC(=O)c2csc(n2)C(C(O)c2ccccc2)NC(=O)C2N=C(SC2C)C(CC(N)=O)NC(=O)c2csc-3n2)n1)C(=O)O. The molecule has 11 rings (SSSR count). The van der Waals surface area contributed by atoms with Crippen LogP contribution in [0, 0.1) is 5.92 Å². The van der Waals surface area contributed by atoms with Crippen molar-refractivity contribution in [2.24, 2.45) is 16.6 Å². The van der Waals surface area contributed by atoms with Gasteiger partial charge in [-0.05, 0) is 35.4 Å². The van der Waals surface area contributed by atoms with Crippen molar-refractivity contribution in [1.29, 1.82) is 0 Å². The average Bonchev–Trinajstić information content (AvgIpc) is 1.74. The van der Waals surface area contributed by atoms with Crippen LogP contribution in [0.1, 0.15) is 91.1 Å². The molecule has 9 heterocycles. The number of nitrogens with two attached hydrogens (primary N) is 1. The van der Waals surface area contributed by atoms with Crippen LogP contribution >= 0.6 is 68.4 Å². The minimum absolute atomic E-state index is 0.00650. The fourth-order valence-electron chi connectivity index (χ4n) is 9.55. The molecule has 10 bridgehead atoms. The van der Waals surface area contributed by atoms with E-state index < -0.39 is 107 Å². The summed E-state index contributed by atoms with van der Waals surface area (Å²) in [4.78, 5) is 142. The monoisotopic (exact) mass is 1340 g/mol. The number of aromatic hydroxyl groups is 1. The first-order valence-electron chi connectivity index (χ1n) is 27.6. The minimum Gasteiger partial charge on any atom is -0.508 e. The molecule has 0 radical (unpaired) electrons. The first kappa shape index (κ1) is 63.3. The fraction of sp³-hybridized carbons (Fsp3) is 0.237. The topological polar surface area (TPSA) is 398 Å². The number of thiazole rings is 5. The maximum absolute atomic E-state index is 14.9. The standard InChI is InChI=1S/C59H52N14O12S6/c1-24(40-18-85-40)42-57-70-39(23-90-57)55-66-35(19-87-55)44-31(14-15-32(63-44)54-68-36(21-88-54)49(79)61-25(2)47(77)62-26(3)59(83)84)53-67-37(20-86-53)51(81)65-34(17-41(60)75)56-73-43(27(4)91-56)52(82)72-45(46(76)29-8-6-5-7-9-29)58-69-38(22-89-58)50(80)64-33(48(78)71-42)16-28-10-12-30(74)13-11-28/h5-15,19-24,27,33-34,40,42-43,45-46,74,76H,2-3,16-18H2,1,4H3,(H2,60,75)(H,61,79)(H,62,77)(H,64,80)(H,65,81)(H,71,78)(H,72,82)(H,83,84). The Kier molecular flexibility index (Phi) is 18.8. The molecule has 1 saturated heterocycles. The number of amides is 7. The highest BCUT2D eigenvalue weighted by atomic mass is 32.2. The number of hydrogen-bond acceptors (Lipinski definition) is 24. The number of pyridine rings is 1. The van der Waals surface area contributed by atoms with Gasteiger partial charge < -0.3 is 57.7 Å². The molecule has 0 saturated carbocycles. The summed E-state index contributed by atoms with van der Waals surface area (Å²) in [6.07, 6.45) is -2.07. The molecule has 1 fully saturated rings. The predicted molar refractivity (Wildman–Crippen MR) is 341 cm³/mol. The van der Waals surface area contributed by atoms with Crippen molar-refractivity contribution in [3.63, 3.8) is 0 Å². The van der Waals surface area contributed by atoms with Crippen LogP contribution in [-0.2, 0) is 35.1 Å². The van der Waals surface area contributed by atoms with Crippen molar-refractivity contribution in [2.45, 2.75) is 74.4 Å². The number of phenolic OH excluding ortho intramolecular Hbond substituents is 1. The number of aliphatic hydroxyl groups excluding tert-OH is 1. The number of aromatic nitrogens is 6. The number of hydrogen-bond donors (Lipinski definition) is 10. The number of primary amides is 1. The third-order valence-corrected chi connectivity index (χ3v) is 20.2. The van der Waals surface area contributed by atoms with E-state index in [0.29, 0.717) is 49.7 Å². The van der Waals surface area contributed by atoms with Crippen molar-refractivity contribution < 1.29 is 58.4 Å². The quantitative estimate of drug-likeness (QED) is 0.0460. The zero-order valence-corrected chi connectivity index (χ0v) is 52.5. The van der Waals surface area contributed by atoms with Gasteiger partial charge in [0, 0.05) is 50.1 Å². The van der Waals surface area contributed by atoms with Crippen LogP contribution in [0.25, 0.3) is 43.4 Å². The first-order valence-corrected chi connectivity index (χ1v) is 32.8. The van der Waals surface area contributed by atoms with Gasteiger partial charge >= 0.3 is 5.97 Å². The maximum Gasteiger partial charge on any atom is 0.351 e. The van der Waals surface area contributed by atoms with Crippen molar-refractivity contribution in [3.05, 3.63) is 156 Å². The summed E-state index contributed by atoms with van der Waals surface area (Å²) < 4.78 is 5.75. The number of carbonyl (C=O) groups is 8. The fourth-order valence-corrected chi connectivity index (χ4v) is 15.0. The zero-order valence-electron chi connectivity index (χ0n) is 47.6. The molecule has 91 heavy (non-hydrogen) atoms. The largest absolute Gasteiger partial charge is 0.508 e. The Morgan fingerprint density at radius 1 is 0.692 bits per heavy atom. The molecule has 9 atom stereocenters. The molecular formula is C59H52N14O12S6. The molecule has 11 N–H and O–H groups in total. The van der Waals surface area contributed by atoms with E-state index in [0.717, 1.165) is 45.8 Å². The van der Waals surface area contributed by atoms with E-state index in [1.54, 1.807) is 72.3 Å². The Morgan fingerprint density at radius 2 is 1.31 bits per heavy atom. The molecule has 3 aliphatic heterocycles. The van der Waals surface area contributed by atoms with Crippen LogP contribution in [-0.4, -0.2) is 134 Å². The van der Waals surface area contributed by atoms with Gasteiger partial charge in [-0.3, -0.25) is 38.6 Å². The molecule has 3 aliphatic rings. The Hall–Kier alpha value is -9.28. The minimum atomic E-state index is -1.48. The van der Waals surface area contributed by atoms with Crippen LogP contribution in [0.15, 0.2) is 123 Å². The van der Waals surface area contributed by atoms with Gasteiger partial charge in [-0.25, -0.2) is 34.7 Å². The summed E-state index contributed by atoms with van der Waals surface area (Å²) in [7, 11) is 0. The Labute approximate surface area is 540 Å². The number of carbonyl (C=O) groups excluding carboxylic acids is 7. The summed E-state index contributed by atoms with van der Waals surface area (Å²) in [6.45, 7) is 10.9. The number of aliphatic hydroxyl groups is 1. The van der Waals surface area contributed by atoms with Crippen LogP contribution in [0.3, 0.4) is 0 Å². The zero-order chi connectivity index (χ0) is 64.4. The summed E-state index contributed by atoms with van der Waals surface area (Å²) in [5.41, 5.74) is 7.12. The van der Waals surface area contributed by atoms with Crippen molar-refractivity contribution >= 4 is 121 Å². The molecule has 2 aromatic carbocycles. The van der Waals surface area contributed by atoms with Gasteiger partial charge in [-0.15, -0.1) is 68.4 Å². The lowest BCUT2D eigenvalue weighted by Crippen LogP contribution is -2.50. The van der Waals surface area contributed by atoms with Crippen molar-refractivity contribution in [3.8, 4) is 49.1 Å². The molecule has 7 amide bonds. The number of carboxylic acids is 1. The number of benzene rings is 2. The van der Waals surface area contributed by atoms with Gasteiger partial charge in [-0.2, -0.15) is 0 Å². The highest BCUT2D eigenvalue weighted by molar-refractivity contribution is 8.15. The van der Waals surface area contributed by atoms with E-state index >= 15 is 0 Å². The third-order valence-electron chi connectivity index (χ3n) is 14.5. The highest BCUT2D eigenvalue weighted by Gasteiger charge is 2.41. The molecule has 9 unspecified atom stereocenters. The molecule has 466 valence electrons. The number of nitrogens with one attached hydrogen (secondary N) is 6. The number of fused-ring (bicyclic) bond motifs is 13. The smallest absolute Gasteiger partial charge is 0.351 e. The second-order valence-electron chi connectivity index (χ2n) is 20.9. The van der Waals surface area contributed by atoms with Gasteiger partial charge in [0.25, 0.3) is 23.6 Å². The number of nitrogens with zero attached hydrogens (tertiary/aromatic N) is 7. The van der Waals surface area contributed by atoms with Crippen LogP contribution in [0.4, 0.5) is 0 Å². The number of epoxide rings is 1. The Balaban J connectivity index is 0.978. The van der Waals surface area contributed by atoms with E-state index in [2.05, 4.69) is 49.7 Å². The summed E-state index contributed by atoms with van der Waals surface area (Å²) in [5.74, 6) is -7.12. The molecule has 26 nitrogen and oxygen atoms in total. The number of aliphatic imine (C=N–C) groups is 1. The summed E-state index contributed by atoms with van der Waals surface area (Å²) in [5, 5.41) is 56.6. The molecule has 0 aliphatic carbocycles. The lowest BCUT2D eigenvalue weighted by atomic mass is 9.97. The number of rotatable bonds is 14. The van der Waals surface area contributed by atoms with E-state index in [1.807, 2.05) is 12.2 Å². The number of aliphatic carboxylic acids is 1. The first-order chi connectivity index (χ1) is 43.6. The molecule has 32 heteroatoms. The summed E-state index contributed by atoms with van der Waals surface area (Å²) in [6, 6.07) is 12.5. The van der Waals surface area contributed by atoms with Crippen LogP contribution in [0.2, 0.25) is 0 Å². The van der Waals surface area contributed by atoms with Gasteiger partial charge in [0.15, 0.2) is 0 Å². The number of phenols is 1. The Bertz CT molecular complexity index is 4240. The lowest BCUT2D eigenvalue weighted by molar-refractivity contribution is -0.134. The predicted octanol–water partition coefficient (Wildman–Crippen LogP) is 5.71. The van der Waals surface area contributed by atoms with Crippen LogP contribution in [0.5, 0.6) is 5.75 Å². The molecule has 8 aromatic rings. The number of ether oxygens (including phenoxy) is 1. The van der Waals surface area contributed by atoms with E-state index in [-0.39, 0.29) is 67.7 Å². The second kappa shape index (κ2) is 27.0. The highest BCUT2D eigenvalue weighted by Crippen LogP contribution is 2.41. The van der Waals surface area contributed by atoms with Gasteiger partial charge in [0.1, 0.15) is 94.9 Å². The average molecular weight is 1340 g/mol.